The van der Waals surface area contributed by atoms with Gasteiger partial charge in [-0.3, -0.25) is 0 Å². The topological polar surface area (TPSA) is 0 Å². The predicted molar refractivity (Wildman–Crippen MR) is 102 cm³/mol. The molecule has 2 radical (unpaired) electrons. The molecular formula is C22H32F2Si. The maximum absolute atomic E-state index is 13.5. The SMILES string of the molecule is CCC[Si]CC1CCC(C2CCC(c3ccc(F)c(F)c3)CC2)CC1. The van der Waals surface area contributed by atoms with Crippen molar-refractivity contribution in [2.24, 2.45) is 17.8 Å². The fraction of sp³-hybridized carbons (Fsp3) is 0.727. The van der Waals surface area contributed by atoms with Crippen molar-refractivity contribution in [2.45, 2.75) is 82.7 Å². The molecule has 0 saturated heterocycles. The molecule has 0 nitrogen and oxygen atoms in total. The summed E-state index contributed by atoms with van der Waals surface area (Å²) in [5, 5.41) is 0. The van der Waals surface area contributed by atoms with E-state index in [1.165, 1.54) is 78.7 Å². The lowest BCUT2D eigenvalue weighted by molar-refractivity contribution is 0.165. The van der Waals surface area contributed by atoms with E-state index >= 15 is 0 Å². The summed E-state index contributed by atoms with van der Waals surface area (Å²) in [5.41, 5.74) is 0.998. The van der Waals surface area contributed by atoms with Crippen molar-refractivity contribution in [1.29, 1.82) is 0 Å². The van der Waals surface area contributed by atoms with Crippen LogP contribution < -0.4 is 0 Å². The van der Waals surface area contributed by atoms with Crippen LogP contribution in [0, 0.1) is 29.4 Å². The fourth-order valence-corrected chi connectivity index (χ4v) is 6.41. The van der Waals surface area contributed by atoms with E-state index in [-0.39, 0.29) is 0 Å². The second-order valence-electron chi connectivity index (χ2n) is 8.27. The molecule has 0 atom stereocenters. The van der Waals surface area contributed by atoms with Gasteiger partial charge in [0, 0.05) is 9.52 Å². The third kappa shape index (κ3) is 5.15. The standard InChI is InChI=1S/C22H32F2Si/c1-2-13-25-15-16-3-5-17(6-4-16)18-7-9-19(10-8-18)20-11-12-21(23)22(24)14-20/h11-12,14,16-19H,2-10,13,15H2,1H3. The van der Waals surface area contributed by atoms with Crippen LogP contribution >= 0.6 is 0 Å². The molecule has 2 aliphatic carbocycles. The van der Waals surface area contributed by atoms with E-state index in [1.807, 2.05) is 0 Å². The third-order valence-corrected chi connectivity index (χ3v) is 8.32. The zero-order valence-corrected chi connectivity index (χ0v) is 16.6. The average molecular weight is 363 g/mol. The highest BCUT2D eigenvalue weighted by Gasteiger charge is 2.31. The molecule has 2 aliphatic rings. The van der Waals surface area contributed by atoms with Gasteiger partial charge in [-0.25, -0.2) is 8.78 Å². The van der Waals surface area contributed by atoms with Gasteiger partial charge in [-0.05, 0) is 79.9 Å². The van der Waals surface area contributed by atoms with Crippen LogP contribution in [-0.2, 0) is 0 Å². The molecule has 0 unspecified atom stereocenters. The Morgan fingerprint density at radius 2 is 1.52 bits per heavy atom. The molecule has 0 bridgehead atoms. The highest BCUT2D eigenvalue weighted by molar-refractivity contribution is 6.35. The van der Waals surface area contributed by atoms with Crippen molar-refractivity contribution in [3.05, 3.63) is 35.4 Å². The Hall–Kier alpha value is -0.703. The van der Waals surface area contributed by atoms with Crippen molar-refractivity contribution in [1.82, 2.24) is 0 Å². The monoisotopic (exact) mass is 362 g/mol. The van der Waals surface area contributed by atoms with Crippen molar-refractivity contribution in [2.75, 3.05) is 0 Å². The van der Waals surface area contributed by atoms with E-state index in [4.69, 9.17) is 0 Å². The first-order valence-corrected chi connectivity index (χ1v) is 11.7. The molecule has 0 amide bonds. The molecule has 1 aromatic rings. The van der Waals surface area contributed by atoms with E-state index in [0.29, 0.717) is 5.92 Å². The molecule has 138 valence electrons. The summed E-state index contributed by atoms with van der Waals surface area (Å²) in [7, 11) is 1.18. The Kier molecular flexibility index (Phi) is 7.09. The minimum absolute atomic E-state index is 0.429. The van der Waals surface area contributed by atoms with Crippen LogP contribution in [0.4, 0.5) is 8.78 Å². The summed E-state index contributed by atoms with van der Waals surface area (Å²) in [6, 6.07) is 7.39. The van der Waals surface area contributed by atoms with Gasteiger partial charge < -0.3 is 0 Å². The minimum Gasteiger partial charge on any atom is -0.204 e. The van der Waals surface area contributed by atoms with Crippen LogP contribution in [0.2, 0.25) is 12.1 Å². The fourth-order valence-electron chi connectivity index (χ4n) is 5.04. The van der Waals surface area contributed by atoms with Gasteiger partial charge in [-0.2, -0.15) is 0 Å². The van der Waals surface area contributed by atoms with Crippen molar-refractivity contribution >= 4 is 9.52 Å². The summed E-state index contributed by atoms with van der Waals surface area (Å²) < 4.78 is 26.6. The van der Waals surface area contributed by atoms with Gasteiger partial charge in [0.1, 0.15) is 0 Å². The van der Waals surface area contributed by atoms with Crippen molar-refractivity contribution < 1.29 is 8.78 Å². The average Bonchev–Trinajstić information content (AvgIpc) is 2.65. The molecule has 0 spiro atoms. The Morgan fingerprint density at radius 1 is 0.880 bits per heavy atom. The van der Waals surface area contributed by atoms with Gasteiger partial charge in [0.25, 0.3) is 0 Å². The number of halogens is 2. The van der Waals surface area contributed by atoms with Gasteiger partial charge in [0.2, 0.25) is 0 Å². The van der Waals surface area contributed by atoms with E-state index in [2.05, 4.69) is 6.92 Å². The highest BCUT2D eigenvalue weighted by atomic mass is 28.2. The smallest absolute Gasteiger partial charge is 0.159 e. The second-order valence-corrected chi connectivity index (χ2v) is 9.68. The molecule has 3 heteroatoms. The Balaban J connectivity index is 1.43. The largest absolute Gasteiger partial charge is 0.204 e. The quantitative estimate of drug-likeness (QED) is 0.377. The van der Waals surface area contributed by atoms with Gasteiger partial charge in [-0.15, -0.1) is 0 Å². The number of hydrogen-bond acceptors (Lipinski definition) is 0. The van der Waals surface area contributed by atoms with Crippen LogP contribution in [0.3, 0.4) is 0 Å². The molecule has 3 rings (SSSR count). The predicted octanol–water partition coefficient (Wildman–Crippen LogP) is 7.00. The van der Waals surface area contributed by atoms with Crippen LogP contribution in [-0.4, -0.2) is 9.52 Å². The summed E-state index contributed by atoms with van der Waals surface area (Å²) >= 11 is 0. The molecule has 1 aromatic carbocycles. The zero-order valence-electron chi connectivity index (χ0n) is 15.6. The first-order chi connectivity index (χ1) is 12.2. The lowest BCUT2D eigenvalue weighted by Crippen LogP contribution is -2.25. The van der Waals surface area contributed by atoms with Crippen molar-refractivity contribution in [3.8, 4) is 0 Å². The normalized spacial score (nSPS) is 30.4. The molecule has 2 saturated carbocycles. The molecule has 0 aromatic heterocycles. The lowest BCUT2D eigenvalue weighted by atomic mass is 9.68. The number of rotatable bonds is 6. The summed E-state index contributed by atoms with van der Waals surface area (Å²) in [5.74, 6) is 1.81. The maximum atomic E-state index is 13.5. The van der Waals surface area contributed by atoms with E-state index < -0.39 is 11.6 Å². The Morgan fingerprint density at radius 3 is 2.12 bits per heavy atom. The first-order valence-electron chi connectivity index (χ1n) is 10.3. The van der Waals surface area contributed by atoms with Gasteiger partial charge in [-0.1, -0.05) is 44.3 Å². The van der Waals surface area contributed by atoms with Gasteiger partial charge in [0.05, 0.1) is 0 Å². The number of hydrogen-bond donors (Lipinski definition) is 0. The van der Waals surface area contributed by atoms with E-state index in [1.54, 1.807) is 6.07 Å². The van der Waals surface area contributed by atoms with Crippen LogP contribution in [0.25, 0.3) is 0 Å². The Bertz CT molecular complexity index is 529. The summed E-state index contributed by atoms with van der Waals surface area (Å²) in [4.78, 5) is 0. The molecule has 0 N–H and O–H groups in total. The summed E-state index contributed by atoms with van der Waals surface area (Å²) in [6.45, 7) is 2.29. The highest BCUT2D eigenvalue weighted by Crippen LogP contribution is 2.44. The molecule has 2 fully saturated rings. The van der Waals surface area contributed by atoms with Crippen molar-refractivity contribution in [3.63, 3.8) is 0 Å². The van der Waals surface area contributed by atoms with E-state index in [0.717, 1.165) is 36.2 Å². The molecular weight excluding hydrogens is 330 g/mol. The zero-order chi connectivity index (χ0) is 17.6. The minimum atomic E-state index is -0.728. The number of benzene rings is 1. The molecule has 0 heterocycles. The third-order valence-electron chi connectivity index (χ3n) is 6.60. The lowest BCUT2D eigenvalue weighted by Gasteiger charge is -2.38. The second kappa shape index (κ2) is 9.30. The maximum Gasteiger partial charge on any atom is 0.159 e. The van der Waals surface area contributed by atoms with Crippen LogP contribution in [0.5, 0.6) is 0 Å². The van der Waals surface area contributed by atoms with Crippen LogP contribution in [0.1, 0.15) is 76.2 Å². The first kappa shape index (κ1) is 19.1. The molecule has 0 aliphatic heterocycles. The van der Waals surface area contributed by atoms with Crippen LogP contribution in [0.15, 0.2) is 18.2 Å². The van der Waals surface area contributed by atoms with Gasteiger partial charge in [0.15, 0.2) is 11.6 Å². The van der Waals surface area contributed by atoms with Gasteiger partial charge >= 0.3 is 0 Å². The Labute approximate surface area is 154 Å². The summed E-state index contributed by atoms with van der Waals surface area (Å²) in [6.07, 6.45) is 11.9. The molecule has 25 heavy (non-hydrogen) atoms. The van der Waals surface area contributed by atoms with E-state index in [9.17, 15) is 8.78 Å².